The molecule has 0 radical (unpaired) electrons. The maximum Gasteiger partial charge on any atom is 0.342 e. The van der Waals surface area contributed by atoms with Gasteiger partial charge in [-0.3, -0.25) is 23.2 Å². The summed E-state index contributed by atoms with van der Waals surface area (Å²) < 4.78 is 34.2. The van der Waals surface area contributed by atoms with Crippen LogP contribution in [0, 0.1) is 0 Å². The monoisotopic (exact) mass is 338 g/mol. The lowest BCUT2D eigenvalue weighted by molar-refractivity contribution is -0.200. The first-order valence-electron chi connectivity index (χ1n) is 6.90. The lowest BCUT2D eigenvalue weighted by Crippen LogP contribution is -2.37. The lowest BCUT2D eigenvalue weighted by Gasteiger charge is -2.39. The van der Waals surface area contributed by atoms with Gasteiger partial charge >= 0.3 is 19.5 Å². The van der Waals surface area contributed by atoms with Gasteiger partial charge in [0, 0.05) is 41.5 Å². The molecule has 0 saturated carbocycles. The maximum absolute atomic E-state index is 13.2. The summed E-state index contributed by atoms with van der Waals surface area (Å²) in [6.45, 7) is 13.2. The van der Waals surface area contributed by atoms with Crippen molar-refractivity contribution in [2.45, 2.75) is 79.0 Å². The second-order valence-corrected chi connectivity index (χ2v) is 9.54. The van der Waals surface area contributed by atoms with Crippen LogP contribution in [0.1, 0.15) is 62.3 Å². The highest BCUT2D eigenvalue weighted by atomic mass is 31.2. The molecular formula is C14H27O7P. The van der Waals surface area contributed by atoms with Crippen LogP contribution in [0.2, 0.25) is 0 Å². The van der Waals surface area contributed by atoms with Crippen LogP contribution in [0.5, 0.6) is 0 Å². The van der Waals surface area contributed by atoms with Crippen LogP contribution in [0.4, 0.5) is 0 Å². The van der Waals surface area contributed by atoms with Crippen molar-refractivity contribution in [3.8, 4) is 0 Å². The number of hydrogen-bond acceptors (Lipinski definition) is 7. The Kier molecular flexibility index (Phi) is 6.41. The van der Waals surface area contributed by atoms with E-state index in [9.17, 15) is 14.2 Å². The van der Waals surface area contributed by atoms with E-state index in [0.29, 0.717) is 0 Å². The zero-order valence-electron chi connectivity index (χ0n) is 14.8. The first-order chi connectivity index (χ1) is 9.50. The molecule has 0 unspecified atom stereocenters. The number of esters is 2. The molecule has 0 amide bonds. The zero-order valence-corrected chi connectivity index (χ0v) is 15.7. The van der Waals surface area contributed by atoms with Gasteiger partial charge in [0.1, 0.15) is 0 Å². The molecule has 0 aliphatic heterocycles. The minimum Gasteiger partial charge on any atom is -0.433 e. The first-order valence-corrected chi connectivity index (χ1v) is 8.45. The molecule has 0 rings (SSSR count). The fourth-order valence-electron chi connectivity index (χ4n) is 1.60. The molecule has 0 saturated heterocycles. The van der Waals surface area contributed by atoms with E-state index in [4.69, 9.17) is 18.5 Å². The molecule has 0 atom stereocenters. The molecule has 7 nitrogen and oxygen atoms in total. The van der Waals surface area contributed by atoms with Crippen molar-refractivity contribution in [1.82, 2.24) is 0 Å². The Bertz CT molecular complexity index is 440. The number of hydrogen-bond donors (Lipinski definition) is 0. The van der Waals surface area contributed by atoms with Gasteiger partial charge in [0.05, 0.1) is 5.16 Å². The molecule has 0 spiro atoms. The summed E-state index contributed by atoms with van der Waals surface area (Å²) in [6.07, 6.45) is 0. The third-order valence-electron chi connectivity index (χ3n) is 2.28. The SMILES string of the molecule is CC(=O)OC(C)(C)OP(=O)(OC(C)(C)OC(C)=O)C(C)(C)C. The van der Waals surface area contributed by atoms with E-state index in [2.05, 4.69) is 0 Å². The van der Waals surface area contributed by atoms with Gasteiger partial charge in [-0.2, -0.15) is 0 Å². The normalized spacial score (nSPS) is 13.7. The van der Waals surface area contributed by atoms with Gasteiger partial charge < -0.3 is 9.47 Å². The first kappa shape index (κ1) is 21.1. The van der Waals surface area contributed by atoms with Crippen LogP contribution in [-0.4, -0.2) is 28.7 Å². The van der Waals surface area contributed by atoms with Crippen LogP contribution >= 0.6 is 7.60 Å². The Morgan fingerprint density at radius 3 is 1.18 bits per heavy atom. The van der Waals surface area contributed by atoms with Crippen LogP contribution in [0.25, 0.3) is 0 Å². The molecule has 22 heavy (non-hydrogen) atoms. The van der Waals surface area contributed by atoms with Crippen molar-refractivity contribution in [2.75, 3.05) is 0 Å². The number of rotatable bonds is 6. The van der Waals surface area contributed by atoms with Gasteiger partial charge in [-0.05, 0) is 20.8 Å². The van der Waals surface area contributed by atoms with E-state index in [0.717, 1.165) is 0 Å². The van der Waals surface area contributed by atoms with E-state index in [1.165, 1.54) is 41.5 Å². The lowest BCUT2D eigenvalue weighted by atomic mass is 10.3. The smallest absolute Gasteiger partial charge is 0.342 e. The largest absolute Gasteiger partial charge is 0.433 e. The third-order valence-corrected chi connectivity index (χ3v) is 5.28. The van der Waals surface area contributed by atoms with Crippen molar-refractivity contribution >= 4 is 19.5 Å². The molecule has 0 N–H and O–H groups in total. The fraction of sp³-hybridized carbons (Fsp3) is 0.857. The van der Waals surface area contributed by atoms with E-state index in [1.54, 1.807) is 20.8 Å². The molecule has 0 aromatic carbocycles. The molecular weight excluding hydrogens is 311 g/mol. The summed E-state index contributed by atoms with van der Waals surface area (Å²) in [5, 5.41) is -0.929. The van der Waals surface area contributed by atoms with Gasteiger partial charge in [0.2, 0.25) is 11.6 Å². The number of carbonyl (C=O) groups excluding carboxylic acids is 2. The highest BCUT2D eigenvalue weighted by molar-refractivity contribution is 7.55. The van der Waals surface area contributed by atoms with Gasteiger partial charge in [-0.25, -0.2) is 0 Å². The minimum absolute atomic E-state index is 0.579. The number of ether oxygens (including phenoxy) is 2. The third kappa shape index (κ3) is 6.90. The summed E-state index contributed by atoms with van der Waals surface area (Å²) in [7, 11) is -3.81. The average molecular weight is 338 g/mol. The molecule has 0 fully saturated rings. The van der Waals surface area contributed by atoms with Gasteiger partial charge in [-0.15, -0.1) is 0 Å². The summed E-state index contributed by atoms with van der Waals surface area (Å²) >= 11 is 0. The predicted molar refractivity (Wildman–Crippen MR) is 81.2 cm³/mol. The highest BCUT2D eigenvalue weighted by Gasteiger charge is 2.49. The molecule has 0 aromatic heterocycles. The second-order valence-electron chi connectivity index (χ2n) is 6.84. The Labute approximate surface area is 132 Å². The number of carbonyl (C=O) groups is 2. The van der Waals surface area contributed by atoms with Gasteiger partial charge in [0.25, 0.3) is 0 Å². The molecule has 0 heterocycles. The van der Waals surface area contributed by atoms with Crippen molar-refractivity contribution in [3.05, 3.63) is 0 Å². The predicted octanol–water partition coefficient (Wildman–Crippen LogP) is 3.61. The van der Waals surface area contributed by atoms with E-state index >= 15 is 0 Å². The van der Waals surface area contributed by atoms with Crippen LogP contribution in [-0.2, 0) is 32.7 Å². The molecule has 0 bridgehead atoms. The molecule has 130 valence electrons. The molecule has 8 heteroatoms. The summed E-state index contributed by atoms with van der Waals surface area (Å²) in [4.78, 5) is 22.2. The van der Waals surface area contributed by atoms with Crippen molar-refractivity contribution in [3.63, 3.8) is 0 Å². The van der Waals surface area contributed by atoms with Crippen LogP contribution < -0.4 is 0 Å². The Balaban J connectivity index is 5.49. The fourth-order valence-corrected chi connectivity index (χ4v) is 3.42. The Morgan fingerprint density at radius 2 is 1.00 bits per heavy atom. The minimum atomic E-state index is -3.81. The highest BCUT2D eigenvalue weighted by Crippen LogP contribution is 2.64. The average Bonchev–Trinajstić information content (AvgIpc) is 2.06. The van der Waals surface area contributed by atoms with Crippen LogP contribution in [0.15, 0.2) is 0 Å². The molecule has 0 aliphatic carbocycles. The van der Waals surface area contributed by atoms with Gasteiger partial charge in [0.15, 0.2) is 0 Å². The maximum atomic E-state index is 13.2. The van der Waals surface area contributed by atoms with Crippen molar-refractivity contribution < 1.29 is 32.7 Å². The van der Waals surface area contributed by atoms with Crippen LogP contribution in [0.3, 0.4) is 0 Å². The standard InChI is InChI=1S/C14H27O7P/c1-10(15)18-13(6,7)20-22(17,12(3,4)5)21-14(8,9)19-11(2)16/h1-9H3. The van der Waals surface area contributed by atoms with Gasteiger partial charge in [-0.1, -0.05) is 0 Å². The quantitative estimate of drug-likeness (QED) is 0.415. The summed E-state index contributed by atoms with van der Waals surface area (Å²) in [5.74, 6) is -4.07. The second kappa shape index (κ2) is 6.69. The van der Waals surface area contributed by atoms with E-state index in [1.807, 2.05) is 0 Å². The topological polar surface area (TPSA) is 88.1 Å². The Morgan fingerprint density at radius 1 is 0.727 bits per heavy atom. The molecule has 0 aromatic rings. The summed E-state index contributed by atoms with van der Waals surface area (Å²) in [5.41, 5.74) is 0. The summed E-state index contributed by atoms with van der Waals surface area (Å²) in [6, 6.07) is 0. The van der Waals surface area contributed by atoms with Crippen molar-refractivity contribution in [2.24, 2.45) is 0 Å². The zero-order chi connectivity index (χ0) is 18.0. The molecule has 0 aliphatic rings. The van der Waals surface area contributed by atoms with E-state index in [-0.39, 0.29) is 0 Å². The van der Waals surface area contributed by atoms with Crippen molar-refractivity contribution in [1.29, 1.82) is 0 Å². The van der Waals surface area contributed by atoms with E-state index < -0.39 is 36.3 Å². The Hall–Kier alpha value is -0.910.